The largest absolute Gasteiger partial charge is 0.352 e. The monoisotopic (exact) mass is 297 g/mol. The number of carbonyl (C=O) groups excluding carboxylic acids is 2. The van der Waals surface area contributed by atoms with Gasteiger partial charge in [0.05, 0.1) is 0 Å². The van der Waals surface area contributed by atoms with Crippen LogP contribution >= 0.6 is 0 Å². The van der Waals surface area contributed by atoms with Crippen molar-refractivity contribution in [3.63, 3.8) is 0 Å². The third-order valence-corrected chi connectivity index (χ3v) is 4.12. The highest BCUT2D eigenvalue weighted by atomic mass is 16.2. The van der Waals surface area contributed by atoms with Gasteiger partial charge in [-0.15, -0.1) is 0 Å². The zero-order valence-electron chi connectivity index (χ0n) is 13.6. The third-order valence-electron chi connectivity index (χ3n) is 4.12. The number of nitrogens with one attached hydrogen (secondary N) is 1. The fourth-order valence-corrected chi connectivity index (χ4v) is 3.03. The first kappa shape index (κ1) is 18.0. The lowest BCUT2D eigenvalue weighted by Gasteiger charge is -2.22. The molecular weight excluding hydrogens is 266 g/mol. The molecule has 0 aromatic carbocycles. The highest BCUT2D eigenvalue weighted by Gasteiger charge is 2.22. The lowest BCUT2D eigenvalue weighted by atomic mass is 9.94. The van der Waals surface area contributed by atoms with Crippen molar-refractivity contribution >= 4 is 11.8 Å². The standard InChI is InChI=1S/C16H31N3O2/c1-3-5-14(9-10-17)7-8-15(20)18-13(2)12-19-11-4-6-16(19)21/h13-14H,3-12,17H2,1-2H3,(H,18,20). The zero-order valence-corrected chi connectivity index (χ0v) is 13.6. The molecule has 21 heavy (non-hydrogen) atoms. The molecule has 122 valence electrons. The molecule has 0 aromatic rings. The zero-order chi connectivity index (χ0) is 15.7. The van der Waals surface area contributed by atoms with Crippen molar-refractivity contribution in [1.82, 2.24) is 10.2 Å². The van der Waals surface area contributed by atoms with E-state index in [0.29, 0.717) is 31.8 Å². The summed E-state index contributed by atoms with van der Waals surface area (Å²) in [5.74, 6) is 0.857. The van der Waals surface area contributed by atoms with E-state index in [0.717, 1.165) is 38.6 Å². The predicted octanol–water partition coefficient (Wildman–Crippen LogP) is 1.66. The molecule has 1 aliphatic heterocycles. The molecule has 0 bridgehead atoms. The first-order valence-corrected chi connectivity index (χ1v) is 8.34. The highest BCUT2D eigenvalue weighted by Crippen LogP contribution is 2.17. The quantitative estimate of drug-likeness (QED) is 0.644. The number of nitrogens with zero attached hydrogens (tertiary/aromatic N) is 1. The minimum atomic E-state index is 0.0266. The fraction of sp³-hybridized carbons (Fsp3) is 0.875. The lowest BCUT2D eigenvalue weighted by Crippen LogP contribution is -2.42. The molecule has 0 radical (unpaired) electrons. The Morgan fingerprint density at radius 2 is 2.14 bits per heavy atom. The summed E-state index contributed by atoms with van der Waals surface area (Å²) < 4.78 is 0. The van der Waals surface area contributed by atoms with Crippen molar-refractivity contribution in [2.24, 2.45) is 11.7 Å². The second-order valence-corrected chi connectivity index (χ2v) is 6.18. The predicted molar refractivity (Wildman–Crippen MR) is 84.7 cm³/mol. The van der Waals surface area contributed by atoms with E-state index in [1.807, 2.05) is 11.8 Å². The van der Waals surface area contributed by atoms with Gasteiger partial charge in [-0.3, -0.25) is 9.59 Å². The van der Waals surface area contributed by atoms with E-state index in [9.17, 15) is 9.59 Å². The lowest BCUT2D eigenvalue weighted by molar-refractivity contribution is -0.129. The van der Waals surface area contributed by atoms with E-state index in [4.69, 9.17) is 5.73 Å². The number of amides is 2. The van der Waals surface area contributed by atoms with Crippen molar-refractivity contribution in [1.29, 1.82) is 0 Å². The van der Waals surface area contributed by atoms with Crippen molar-refractivity contribution in [2.45, 2.75) is 64.8 Å². The molecule has 2 atom stereocenters. The first-order valence-electron chi connectivity index (χ1n) is 8.34. The van der Waals surface area contributed by atoms with Crippen LogP contribution in [-0.4, -0.2) is 42.4 Å². The van der Waals surface area contributed by atoms with E-state index in [1.165, 1.54) is 0 Å². The summed E-state index contributed by atoms with van der Waals surface area (Å²) in [7, 11) is 0. The Kier molecular flexibility index (Phi) is 8.35. The van der Waals surface area contributed by atoms with Crippen molar-refractivity contribution < 1.29 is 9.59 Å². The van der Waals surface area contributed by atoms with Gasteiger partial charge in [0.15, 0.2) is 0 Å². The van der Waals surface area contributed by atoms with Crippen LogP contribution in [-0.2, 0) is 9.59 Å². The Bertz CT molecular complexity index is 327. The molecule has 1 fully saturated rings. The van der Waals surface area contributed by atoms with Crippen LogP contribution in [0.1, 0.15) is 58.8 Å². The smallest absolute Gasteiger partial charge is 0.222 e. The first-order chi connectivity index (χ1) is 10.1. The van der Waals surface area contributed by atoms with E-state index < -0.39 is 0 Å². The normalized spacial score (nSPS) is 17.9. The van der Waals surface area contributed by atoms with Crippen molar-refractivity contribution in [2.75, 3.05) is 19.6 Å². The molecule has 1 saturated heterocycles. The Labute approximate surface area is 128 Å². The van der Waals surface area contributed by atoms with E-state index >= 15 is 0 Å². The van der Waals surface area contributed by atoms with Gasteiger partial charge in [-0.05, 0) is 38.6 Å². The van der Waals surface area contributed by atoms with E-state index in [-0.39, 0.29) is 17.9 Å². The summed E-state index contributed by atoms with van der Waals surface area (Å²) in [5, 5.41) is 3.00. The molecule has 3 N–H and O–H groups in total. The molecule has 1 rings (SSSR count). The molecule has 0 aliphatic carbocycles. The van der Waals surface area contributed by atoms with Crippen LogP contribution in [0.25, 0.3) is 0 Å². The second kappa shape index (κ2) is 9.77. The average Bonchev–Trinajstić information content (AvgIpc) is 2.82. The fourth-order valence-electron chi connectivity index (χ4n) is 3.03. The summed E-state index contributed by atoms with van der Waals surface area (Å²) in [6, 6.07) is 0.0266. The number of nitrogens with two attached hydrogens (primary N) is 1. The van der Waals surface area contributed by atoms with E-state index in [1.54, 1.807) is 0 Å². The van der Waals surface area contributed by atoms with Crippen LogP contribution in [0.5, 0.6) is 0 Å². The number of likely N-dealkylation sites (tertiary alicyclic amines) is 1. The third kappa shape index (κ3) is 6.93. The molecular formula is C16H31N3O2. The van der Waals surface area contributed by atoms with Gasteiger partial charge in [0.1, 0.15) is 0 Å². The number of carbonyl (C=O) groups is 2. The van der Waals surface area contributed by atoms with Gasteiger partial charge in [-0.1, -0.05) is 19.8 Å². The Morgan fingerprint density at radius 3 is 2.71 bits per heavy atom. The maximum absolute atomic E-state index is 12.0. The Morgan fingerprint density at radius 1 is 1.38 bits per heavy atom. The maximum Gasteiger partial charge on any atom is 0.222 e. The van der Waals surface area contributed by atoms with Crippen molar-refractivity contribution in [3.8, 4) is 0 Å². The summed E-state index contributed by atoms with van der Waals surface area (Å²) in [6.07, 6.45) is 6.34. The number of hydrogen-bond donors (Lipinski definition) is 2. The highest BCUT2D eigenvalue weighted by molar-refractivity contribution is 5.78. The van der Waals surface area contributed by atoms with Crippen LogP contribution < -0.4 is 11.1 Å². The van der Waals surface area contributed by atoms with Gasteiger partial charge in [-0.25, -0.2) is 0 Å². The minimum Gasteiger partial charge on any atom is -0.352 e. The average molecular weight is 297 g/mol. The topological polar surface area (TPSA) is 75.4 Å². The molecule has 0 saturated carbocycles. The Hall–Kier alpha value is -1.10. The number of rotatable bonds is 10. The molecule has 5 heteroatoms. The summed E-state index contributed by atoms with van der Waals surface area (Å²) >= 11 is 0. The molecule has 1 heterocycles. The van der Waals surface area contributed by atoms with Crippen LogP contribution in [0.15, 0.2) is 0 Å². The van der Waals surface area contributed by atoms with Gasteiger partial charge in [-0.2, -0.15) is 0 Å². The molecule has 5 nitrogen and oxygen atoms in total. The van der Waals surface area contributed by atoms with Gasteiger partial charge < -0.3 is 16.0 Å². The summed E-state index contributed by atoms with van der Waals surface area (Å²) in [5.41, 5.74) is 5.61. The number of hydrogen-bond acceptors (Lipinski definition) is 3. The molecule has 2 unspecified atom stereocenters. The Balaban J connectivity index is 2.23. The van der Waals surface area contributed by atoms with Crippen LogP contribution in [0.3, 0.4) is 0 Å². The summed E-state index contributed by atoms with van der Waals surface area (Å²) in [4.78, 5) is 25.4. The molecule has 0 aromatic heterocycles. The van der Waals surface area contributed by atoms with E-state index in [2.05, 4.69) is 12.2 Å². The summed E-state index contributed by atoms with van der Waals surface area (Å²) in [6.45, 7) is 6.28. The van der Waals surface area contributed by atoms with Crippen LogP contribution in [0.2, 0.25) is 0 Å². The van der Waals surface area contributed by atoms with Crippen LogP contribution in [0, 0.1) is 5.92 Å². The maximum atomic E-state index is 12.0. The SMILES string of the molecule is CCCC(CCN)CCC(=O)NC(C)CN1CCCC1=O. The van der Waals surface area contributed by atoms with Crippen molar-refractivity contribution in [3.05, 3.63) is 0 Å². The molecule has 1 aliphatic rings. The van der Waals surface area contributed by atoms with Crippen LogP contribution in [0.4, 0.5) is 0 Å². The van der Waals surface area contributed by atoms with Gasteiger partial charge in [0.25, 0.3) is 0 Å². The molecule has 2 amide bonds. The van der Waals surface area contributed by atoms with Gasteiger partial charge in [0.2, 0.25) is 11.8 Å². The second-order valence-electron chi connectivity index (χ2n) is 6.18. The van der Waals surface area contributed by atoms with Gasteiger partial charge >= 0.3 is 0 Å². The minimum absolute atomic E-state index is 0.0266. The van der Waals surface area contributed by atoms with Gasteiger partial charge in [0, 0.05) is 32.0 Å². The molecule has 0 spiro atoms.